The smallest absolute Gasteiger partial charge is 0.229 e. The number of hydrogen-bond donors (Lipinski definition) is 1. The number of fused-ring (bicyclic) bond motifs is 1. The Morgan fingerprint density at radius 3 is 2.79 bits per heavy atom. The van der Waals surface area contributed by atoms with Gasteiger partial charge in [0.25, 0.3) is 0 Å². The molecule has 3 atom stereocenters. The van der Waals surface area contributed by atoms with Crippen LogP contribution >= 0.6 is 0 Å². The highest BCUT2D eigenvalue weighted by Crippen LogP contribution is 2.28. The minimum absolute atomic E-state index is 0.0212. The van der Waals surface area contributed by atoms with Crippen LogP contribution in [0.25, 0.3) is 0 Å². The van der Waals surface area contributed by atoms with Crippen molar-refractivity contribution in [3.05, 3.63) is 35.9 Å². The molecule has 1 aromatic rings. The Labute approximate surface area is 115 Å². The number of nitrogens with zero attached hydrogens (tertiary/aromatic N) is 1. The van der Waals surface area contributed by atoms with Gasteiger partial charge >= 0.3 is 0 Å². The average Bonchev–Trinajstić information content (AvgIpc) is 2.94. The van der Waals surface area contributed by atoms with Gasteiger partial charge < -0.3 is 10.2 Å². The van der Waals surface area contributed by atoms with Gasteiger partial charge in [-0.2, -0.15) is 0 Å². The van der Waals surface area contributed by atoms with Crippen LogP contribution in [-0.4, -0.2) is 37.0 Å². The fraction of sp³-hybridized carbons (Fsp3) is 0.562. The summed E-state index contributed by atoms with van der Waals surface area (Å²) < 4.78 is 0. The lowest BCUT2D eigenvalue weighted by atomic mass is 9.87. The van der Waals surface area contributed by atoms with E-state index < -0.39 is 0 Å². The van der Waals surface area contributed by atoms with Crippen molar-refractivity contribution >= 4 is 5.91 Å². The van der Waals surface area contributed by atoms with E-state index in [1.165, 1.54) is 0 Å². The van der Waals surface area contributed by atoms with Crippen molar-refractivity contribution in [1.82, 2.24) is 10.2 Å². The normalized spacial score (nSPS) is 27.9. The first-order valence-corrected chi connectivity index (χ1v) is 7.30. The first-order chi connectivity index (χ1) is 9.25. The van der Waals surface area contributed by atoms with Crippen LogP contribution in [0.4, 0.5) is 0 Å². The van der Waals surface area contributed by atoms with Gasteiger partial charge in [-0.1, -0.05) is 30.3 Å². The molecule has 2 fully saturated rings. The molecule has 2 saturated heterocycles. The maximum atomic E-state index is 12.6. The molecule has 3 unspecified atom stereocenters. The number of amides is 1. The van der Waals surface area contributed by atoms with Gasteiger partial charge in [0.05, 0.1) is 5.92 Å². The Morgan fingerprint density at radius 1 is 1.26 bits per heavy atom. The molecule has 3 heteroatoms. The third-order valence-corrected chi connectivity index (χ3v) is 4.69. The molecule has 3 rings (SSSR count). The number of benzene rings is 1. The summed E-state index contributed by atoms with van der Waals surface area (Å²) in [5.41, 5.74) is 1.12. The quantitative estimate of drug-likeness (QED) is 0.878. The van der Waals surface area contributed by atoms with Crippen molar-refractivity contribution in [3.8, 4) is 0 Å². The summed E-state index contributed by atoms with van der Waals surface area (Å²) in [4.78, 5) is 14.7. The van der Waals surface area contributed by atoms with Crippen LogP contribution in [0.3, 0.4) is 0 Å². The second kappa shape index (κ2) is 5.33. The highest BCUT2D eigenvalue weighted by Gasteiger charge is 2.35. The van der Waals surface area contributed by atoms with Crippen molar-refractivity contribution in [2.24, 2.45) is 11.8 Å². The summed E-state index contributed by atoms with van der Waals surface area (Å²) >= 11 is 0. The second-order valence-electron chi connectivity index (χ2n) is 5.88. The Kier molecular flexibility index (Phi) is 3.56. The van der Waals surface area contributed by atoms with E-state index in [1.54, 1.807) is 0 Å². The van der Waals surface area contributed by atoms with Crippen LogP contribution in [0.5, 0.6) is 0 Å². The van der Waals surface area contributed by atoms with Crippen LogP contribution in [0, 0.1) is 11.8 Å². The first kappa shape index (κ1) is 12.7. The molecule has 2 aliphatic rings. The number of likely N-dealkylation sites (tertiary alicyclic amines) is 1. The van der Waals surface area contributed by atoms with Crippen molar-refractivity contribution in [1.29, 1.82) is 0 Å². The topological polar surface area (TPSA) is 32.3 Å². The van der Waals surface area contributed by atoms with Gasteiger partial charge in [-0.3, -0.25) is 4.79 Å². The molecule has 102 valence electrons. The van der Waals surface area contributed by atoms with Gasteiger partial charge in [0.1, 0.15) is 0 Å². The van der Waals surface area contributed by atoms with Gasteiger partial charge in [0, 0.05) is 13.1 Å². The Hall–Kier alpha value is -1.35. The summed E-state index contributed by atoms with van der Waals surface area (Å²) in [5.74, 6) is 1.72. The highest BCUT2D eigenvalue weighted by atomic mass is 16.2. The van der Waals surface area contributed by atoms with Gasteiger partial charge in [0.15, 0.2) is 0 Å². The third-order valence-electron chi connectivity index (χ3n) is 4.69. The summed E-state index contributed by atoms with van der Waals surface area (Å²) in [6.07, 6.45) is 1.16. The molecule has 1 amide bonds. The van der Waals surface area contributed by atoms with E-state index >= 15 is 0 Å². The lowest BCUT2D eigenvalue weighted by Gasteiger charge is -2.36. The van der Waals surface area contributed by atoms with Crippen LogP contribution in [0.1, 0.15) is 24.8 Å². The zero-order valence-electron chi connectivity index (χ0n) is 11.5. The lowest BCUT2D eigenvalue weighted by molar-refractivity contribution is -0.134. The Balaban J connectivity index is 1.67. The number of piperidine rings is 1. The van der Waals surface area contributed by atoms with E-state index in [1.807, 2.05) is 37.3 Å². The summed E-state index contributed by atoms with van der Waals surface area (Å²) in [6.45, 7) is 6.11. The van der Waals surface area contributed by atoms with Gasteiger partial charge in [-0.15, -0.1) is 0 Å². The molecule has 0 aliphatic carbocycles. The number of carbonyl (C=O) groups is 1. The zero-order valence-corrected chi connectivity index (χ0v) is 11.5. The number of hydrogen-bond acceptors (Lipinski definition) is 2. The molecule has 0 bridgehead atoms. The summed E-state index contributed by atoms with van der Waals surface area (Å²) in [5, 5.41) is 3.45. The predicted octanol–water partition coefficient (Wildman–Crippen LogP) is 1.86. The monoisotopic (exact) mass is 258 g/mol. The number of nitrogens with one attached hydrogen (secondary N) is 1. The fourth-order valence-electron chi connectivity index (χ4n) is 3.39. The molecular formula is C16H22N2O. The predicted molar refractivity (Wildman–Crippen MR) is 75.9 cm³/mol. The molecule has 0 aromatic heterocycles. The van der Waals surface area contributed by atoms with Crippen molar-refractivity contribution < 1.29 is 4.79 Å². The summed E-state index contributed by atoms with van der Waals surface area (Å²) in [7, 11) is 0. The minimum Gasteiger partial charge on any atom is -0.342 e. The van der Waals surface area contributed by atoms with Crippen molar-refractivity contribution in [2.45, 2.75) is 19.3 Å². The van der Waals surface area contributed by atoms with Gasteiger partial charge in [-0.05, 0) is 43.8 Å². The molecule has 0 spiro atoms. The number of carbonyl (C=O) groups excluding carboxylic acids is 1. The Morgan fingerprint density at radius 2 is 2.00 bits per heavy atom. The zero-order chi connectivity index (χ0) is 13.2. The molecule has 0 saturated carbocycles. The van der Waals surface area contributed by atoms with E-state index in [0.29, 0.717) is 5.92 Å². The largest absolute Gasteiger partial charge is 0.342 e. The minimum atomic E-state index is -0.0212. The standard InChI is InChI=1S/C16H22N2O/c1-12(13-5-3-2-4-6-13)16(19)18-8-7-14-9-17-10-15(14)11-18/h2-6,12,14-15,17H,7-11H2,1H3. The number of rotatable bonds is 2. The van der Waals surface area contributed by atoms with Crippen LogP contribution in [0.15, 0.2) is 30.3 Å². The molecule has 19 heavy (non-hydrogen) atoms. The van der Waals surface area contributed by atoms with Gasteiger partial charge in [0.2, 0.25) is 5.91 Å². The SMILES string of the molecule is CC(C(=O)N1CCC2CNCC2C1)c1ccccc1. The molecule has 1 aromatic carbocycles. The molecule has 3 nitrogen and oxygen atoms in total. The summed E-state index contributed by atoms with van der Waals surface area (Å²) in [6, 6.07) is 10.1. The molecular weight excluding hydrogens is 236 g/mol. The lowest BCUT2D eigenvalue weighted by Crippen LogP contribution is -2.44. The van der Waals surface area contributed by atoms with E-state index in [0.717, 1.165) is 44.1 Å². The maximum Gasteiger partial charge on any atom is 0.229 e. The van der Waals surface area contributed by atoms with Gasteiger partial charge in [-0.25, -0.2) is 0 Å². The maximum absolute atomic E-state index is 12.6. The third kappa shape index (κ3) is 2.52. The van der Waals surface area contributed by atoms with Crippen LogP contribution in [0.2, 0.25) is 0 Å². The molecule has 1 N–H and O–H groups in total. The average molecular weight is 258 g/mol. The molecule has 2 heterocycles. The van der Waals surface area contributed by atoms with Crippen molar-refractivity contribution in [3.63, 3.8) is 0 Å². The highest BCUT2D eigenvalue weighted by molar-refractivity contribution is 5.83. The second-order valence-corrected chi connectivity index (χ2v) is 5.88. The van der Waals surface area contributed by atoms with E-state index in [4.69, 9.17) is 0 Å². The van der Waals surface area contributed by atoms with Crippen LogP contribution < -0.4 is 5.32 Å². The van der Waals surface area contributed by atoms with E-state index in [-0.39, 0.29) is 11.8 Å². The Bertz CT molecular complexity index is 445. The van der Waals surface area contributed by atoms with E-state index in [9.17, 15) is 4.79 Å². The molecule has 0 radical (unpaired) electrons. The van der Waals surface area contributed by atoms with E-state index in [2.05, 4.69) is 10.2 Å². The van der Waals surface area contributed by atoms with Crippen molar-refractivity contribution in [2.75, 3.05) is 26.2 Å². The first-order valence-electron chi connectivity index (χ1n) is 7.30. The van der Waals surface area contributed by atoms with Crippen LogP contribution in [-0.2, 0) is 4.79 Å². The molecule has 2 aliphatic heterocycles. The fourth-order valence-corrected chi connectivity index (χ4v) is 3.39.